The molecule has 6 heteroatoms. The van der Waals surface area contributed by atoms with Gasteiger partial charge in [0.15, 0.2) is 0 Å². The van der Waals surface area contributed by atoms with Crippen molar-refractivity contribution in [2.24, 2.45) is 5.92 Å². The third kappa shape index (κ3) is 6.59. The molecule has 2 saturated heterocycles. The van der Waals surface area contributed by atoms with E-state index in [0.29, 0.717) is 0 Å². The van der Waals surface area contributed by atoms with Crippen molar-refractivity contribution in [2.75, 3.05) is 26.2 Å². The van der Waals surface area contributed by atoms with Crippen molar-refractivity contribution >= 4 is 11.9 Å². The number of hydrogen-bond donors (Lipinski definition) is 2. The Hall–Kier alpha value is -1.14. The monoisotopic (exact) mass is 354 g/mol. The Balaban J connectivity index is 0.000000326. The summed E-state index contributed by atoms with van der Waals surface area (Å²) in [4.78, 5) is 23.8. The van der Waals surface area contributed by atoms with Crippen molar-refractivity contribution in [1.82, 2.24) is 9.80 Å². The van der Waals surface area contributed by atoms with Gasteiger partial charge in [0.1, 0.15) is 0 Å². The lowest BCUT2D eigenvalue weighted by molar-refractivity contribution is -0.159. The van der Waals surface area contributed by atoms with Crippen LogP contribution in [0.3, 0.4) is 0 Å². The second-order valence-corrected chi connectivity index (χ2v) is 7.90. The van der Waals surface area contributed by atoms with Gasteiger partial charge in [-0.1, -0.05) is 26.2 Å². The van der Waals surface area contributed by atoms with Crippen LogP contribution in [0.25, 0.3) is 0 Å². The van der Waals surface area contributed by atoms with E-state index >= 15 is 0 Å². The van der Waals surface area contributed by atoms with E-state index in [9.17, 15) is 0 Å². The van der Waals surface area contributed by atoms with Gasteiger partial charge in [0.25, 0.3) is 0 Å². The van der Waals surface area contributed by atoms with Crippen LogP contribution in [0.2, 0.25) is 0 Å². The number of aliphatic carboxylic acids is 2. The van der Waals surface area contributed by atoms with Gasteiger partial charge in [-0.05, 0) is 70.6 Å². The van der Waals surface area contributed by atoms with Crippen LogP contribution in [0.5, 0.6) is 0 Å². The van der Waals surface area contributed by atoms with Crippen molar-refractivity contribution in [3.63, 3.8) is 0 Å². The van der Waals surface area contributed by atoms with E-state index in [1.807, 2.05) is 0 Å². The number of likely N-dealkylation sites (tertiary alicyclic amines) is 2. The van der Waals surface area contributed by atoms with E-state index in [2.05, 4.69) is 16.7 Å². The first-order chi connectivity index (χ1) is 12.0. The molecule has 0 aromatic carbocycles. The third-order valence-corrected chi connectivity index (χ3v) is 6.01. The van der Waals surface area contributed by atoms with Gasteiger partial charge in [0.05, 0.1) is 0 Å². The Kier molecular flexibility index (Phi) is 8.16. The first-order valence-electron chi connectivity index (χ1n) is 9.91. The molecule has 3 aliphatic rings. The normalized spacial score (nSPS) is 29.5. The van der Waals surface area contributed by atoms with Gasteiger partial charge in [0, 0.05) is 12.1 Å². The van der Waals surface area contributed by atoms with Gasteiger partial charge < -0.3 is 20.0 Å². The molecule has 2 aliphatic heterocycles. The molecule has 25 heavy (non-hydrogen) atoms. The van der Waals surface area contributed by atoms with Crippen LogP contribution in [0.4, 0.5) is 0 Å². The van der Waals surface area contributed by atoms with E-state index in [1.165, 1.54) is 84.0 Å². The van der Waals surface area contributed by atoms with Crippen molar-refractivity contribution < 1.29 is 19.8 Å². The zero-order chi connectivity index (χ0) is 18.2. The van der Waals surface area contributed by atoms with Crippen molar-refractivity contribution in [1.29, 1.82) is 0 Å². The lowest BCUT2D eigenvalue weighted by Gasteiger charge is -2.44. The SMILES string of the molecule is CC1CCCC(N2CCC(N3CCCCC3)CC2)C1.O=C(O)C(=O)O. The molecule has 0 spiro atoms. The largest absolute Gasteiger partial charge is 0.473 e. The topological polar surface area (TPSA) is 81.1 Å². The maximum Gasteiger partial charge on any atom is 0.414 e. The second kappa shape index (κ2) is 10.1. The molecule has 2 unspecified atom stereocenters. The molecule has 3 rings (SSSR count). The smallest absolute Gasteiger partial charge is 0.414 e. The molecule has 2 heterocycles. The minimum atomic E-state index is -1.82. The van der Waals surface area contributed by atoms with Crippen molar-refractivity contribution in [3.8, 4) is 0 Å². The van der Waals surface area contributed by atoms with Gasteiger partial charge in [0.2, 0.25) is 0 Å². The Labute approximate surface area is 151 Å². The van der Waals surface area contributed by atoms with Crippen LogP contribution < -0.4 is 0 Å². The number of carboxylic acid groups (broad SMARTS) is 2. The zero-order valence-corrected chi connectivity index (χ0v) is 15.5. The average molecular weight is 354 g/mol. The molecule has 0 bridgehead atoms. The van der Waals surface area contributed by atoms with E-state index in [-0.39, 0.29) is 0 Å². The Morgan fingerprint density at radius 1 is 0.720 bits per heavy atom. The number of carboxylic acids is 2. The summed E-state index contributed by atoms with van der Waals surface area (Å²) in [6.45, 7) is 7.96. The summed E-state index contributed by atoms with van der Waals surface area (Å²) in [5, 5.41) is 14.8. The molecule has 0 aromatic rings. The number of carbonyl (C=O) groups is 2. The molecule has 0 aromatic heterocycles. The summed E-state index contributed by atoms with van der Waals surface area (Å²) >= 11 is 0. The van der Waals surface area contributed by atoms with Crippen LogP contribution in [-0.4, -0.2) is 70.2 Å². The zero-order valence-electron chi connectivity index (χ0n) is 15.5. The minimum absolute atomic E-state index is 0.914. The number of nitrogens with zero attached hydrogens (tertiary/aromatic N) is 2. The molecule has 2 N–H and O–H groups in total. The van der Waals surface area contributed by atoms with E-state index in [4.69, 9.17) is 19.8 Å². The molecule has 2 atom stereocenters. The van der Waals surface area contributed by atoms with Crippen molar-refractivity contribution in [3.05, 3.63) is 0 Å². The molecule has 3 fully saturated rings. The highest BCUT2D eigenvalue weighted by Gasteiger charge is 2.30. The highest BCUT2D eigenvalue weighted by molar-refractivity contribution is 6.27. The summed E-state index contributed by atoms with van der Waals surface area (Å²) < 4.78 is 0. The average Bonchev–Trinajstić information content (AvgIpc) is 2.63. The summed E-state index contributed by atoms with van der Waals surface area (Å²) in [7, 11) is 0. The first kappa shape index (κ1) is 20.2. The molecule has 1 saturated carbocycles. The fraction of sp³-hybridized carbons (Fsp3) is 0.895. The van der Waals surface area contributed by atoms with Crippen LogP contribution in [-0.2, 0) is 9.59 Å². The van der Waals surface area contributed by atoms with Crippen LogP contribution in [0, 0.1) is 5.92 Å². The summed E-state index contributed by atoms with van der Waals surface area (Å²) in [5.74, 6) is -2.68. The molecule has 144 valence electrons. The van der Waals surface area contributed by atoms with Gasteiger partial charge in [-0.3, -0.25) is 0 Å². The fourth-order valence-corrected chi connectivity index (χ4v) is 4.63. The highest BCUT2D eigenvalue weighted by atomic mass is 16.4. The van der Waals surface area contributed by atoms with Gasteiger partial charge in [-0.2, -0.15) is 0 Å². The lowest BCUT2D eigenvalue weighted by Crippen LogP contribution is -2.50. The van der Waals surface area contributed by atoms with Crippen molar-refractivity contribution in [2.45, 2.75) is 76.8 Å². The van der Waals surface area contributed by atoms with E-state index in [1.54, 1.807) is 0 Å². The minimum Gasteiger partial charge on any atom is -0.473 e. The summed E-state index contributed by atoms with van der Waals surface area (Å²) in [6, 6.07) is 1.84. The Morgan fingerprint density at radius 3 is 1.80 bits per heavy atom. The standard InChI is InChI=1S/C17H32N2.C2H2O4/c1-15-6-5-7-17(14-15)19-12-8-16(9-13-19)18-10-3-2-4-11-18;3-1(4)2(5)6/h15-17H,2-14H2,1H3;(H,3,4)(H,5,6). The quantitative estimate of drug-likeness (QED) is 0.742. The Morgan fingerprint density at radius 2 is 1.28 bits per heavy atom. The summed E-state index contributed by atoms with van der Waals surface area (Å²) in [6.07, 6.45) is 13.1. The third-order valence-electron chi connectivity index (χ3n) is 6.01. The lowest BCUT2D eigenvalue weighted by atomic mass is 9.85. The fourth-order valence-electron chi connectivity index (χ4n) is 4.63. The Bertz CT molecular complexity index is 417. The maximum atomic E-state index is 9.10. The molecule has 0 radical (unpaired) electrons. The van der Waals surface area contributed by atoms with Gasteiger partial charge in [-0.25, -0.2) is 9.59 Å². The predicted molar refractivity (Wildman–Crippen MR) is 96.7 cm³/mol. The predicted octanol–water partition coefficient (Wildman–Crippen LogP) is 2.67. The first-order valence-corrected chi connectivity index (χ1v) is 9.91. The number of hydrogen-bond acceptors (Lipinski definition) is 4. The number of rotatable bonds is 2. The summed E-state index contributed by atoms with van der Waals surface area (Å²) in [5.41, 5.74) is 0. The molecular weight excluding hydrogens is 320 g/mol. The molecule has 6 nitrogen and oxygen atoms in total. The molecule has 0 amide bonds. The molecule has 1 aliphatic carbocycles. The van der Waals surface area contributed by atoms with Crippen LogP contribution in [0.1, 0.15) is 64.7 Å². The van der Waals surface area contributed by atoms with E-state index in [0.717, 1.165) is 18.0 Å². The van der Waals surface area contributed by atoms with Crippen LogP contribution >= 0.6 is 0 Å². The van der Waals surface area contributed by atoms with E-state index < -0.39 is 11.9 Å². The molecular formula is C19H34N2O4. The highest BCUT2D eigenvalue weighted by Crippen LogP contribution is 2.30. The maximum absolute atomic E-state index is 9.10. The van der Waals surface area contributed by atoms with Crippen LogP contribution in [0.15, 0.2) is 0 Å². The van der Waals surface area contributed by atoms with Gasteiger partial charge in [-0.15, -0.1) is 0 Å². The van der Waals surface area contributed by atoms with Gasteiger partial charge >= 0.3 is 11.9 Å². The second-order valence-electron chi connectivity index (χ2n) is 7.90. The number of piperidine rings is 2.